The number of benzene rings is 1. The van der Waals surface area contributed by atoms with E-state index in [2.05, 4.69) is 46.6 Å². The molecule has 0 fully saturated rings. The fraction of sp³-hybridized carbons (Fsp3) is 0.350. The fourth-order valence-corrected chi connectivity index (χ4v) is 3.64. The van der Waals surface area contributed by atoms with Crippen molar-refractivity contribution in [3.8, 4) is 11.3 Å². The highest BCUT2D eigenvalue weighted by Crippen LogP contribution is 2.22. The van der Waals surface area contributed by atoms with E-state index in [0.717, 1.165) is 28.5 Å². The van der Waals surface area contributed by atoms with Gasteiger partial charge in [-0.2, -0.15) is 0 Å². The van der Waals surface area contributed by atoms with Gasteiger partial charge in [0, 0.05) is 42.2 Å². The molecule has 0 bridgehead atoms. The number of nitrogens with one attached hydrogen (secondary N) is 1. The Morgan fingerprint density at radius 3 is 2.73 bits per heavy atom. The molecular weight excluding hydrogens is 344 g/mol. The quantitative estimate of drug-likeness (QED) is 0.684. The Morgan fingerprint density at radius 2 is 2.00 bits per heavy atom. The van der Waals surface area contributed by atoms with Crippen molar-refractivity contribution in [3.63, 3.8) is 0 Å². The molecule has 3 aromatic rings. The minimum Gasteiger partial charge on any atom is -0.354 e. The zero-order chi connectivity index (χ0) is 18.5. The van der Waals surface area contributed by atoms with Crippen molar-refractivity contribution in [1.29, 1.82) is 0 Å². The maximum Gasteiger partial charge on any atom is 0.242 e. The third-order valence-corrected chi connectivity index (χ3v) is 5.18. The highest BCUT2D eigenvalue weighted by Gasteiger charge is 2.18. The van der Waals surface area contributed by atoms with Crippen LogP contribution in [0.15, 0.2) is 48.1 Å². The summed E-state index contributed by atoms with van der Waals surface area (Å²) in [6.45, 7) is 6.64. The van der Waals surface area contributed by atoms with Gasteiger partial charge in [-0.15, -0.1) is 11.3 Å². The first-order valence-electron chi connectivity index (χ1n) is 8.86. The molecule has 5 nitrogen and oxygen atoms in total. The molecule has 1 aromatic carbocycles. The first-order valence-corrected chi connectivity index (χ1v) is 9.74. The number of carbonyl (C=O) groups excluding carboxylic acids is 1. The molecule has 0 spiro atoms. The van der Waals surface area contributed by atoms with Crippen LogP contribution in [-0.4, -0.2) is 27.0 Å². The van der Waals surface area contributed by atoms with Crippen LogP contribution < -0.4 is 5.32 Å². The molecule has 0 aliphatic carbocycles. The molecule has 0 unspecified atom stereocenters. The van der Waals surface area contributed by atoms with E-state index >= 15 is 0 Å². The molecule has 136 valence electrons. The van der Waals surface area contributed by atoms with Crippen LogP contribution in [-0.2, 0) is 11.2 Å². The van der Waals surface area contributed by atoms with Crippen molar-refractivity contribution >= 4 is 17.2 Å². The minimum absolute atomic E-state index is 0.00439. The summed E-state index contributed by atoms with van der Waals surface area (Å²) in [5.41, 5.74) is 2.11. The van der Waals surface area contributed by atoms with Gasteiger partial charge < -0.3 is 9.88 Å². The number of aromatic nitrogens is 3. The predicted molar refractivity (Wildman–Crippen MR) is 105 cm³/mol. The third-order valence-electron chi connectivity index (χ3n) is 4.27. The van der Waals surface area contributed by atoms with Crippen molar-refractivity contribution in [2.24, 2.45) is 0 Å². The van der Waals surface area contributed by atoms with E-state index in [4.69, 9.17) is 0 Å². The molecule has 1 atom stereocenters. The van der Waals surface area contributed by atoms with Crippen molar-refractivity contribution in [1.82, 2.24) is 19.9 Å². The van der Waals surface area contributed by atoms with Crippen LogP contribution in [0, 0.1) is 0 Å². The van der Waals surface area contributed by atoms with Crippen molar-refractivity contribution in [3.05, 3.63) is 58.9 Å². The van der Waals surface area contributed by atoms with Crippen molar-refractivity contribution < 1.29 is 4.79 Å². The van der Waals surface area contributed by atoms with Gasteiger partial charge in [-0.25, -0.2) is 9.97 Å². The van der Waals surface area contributed by atoms with Gasteiger partial charge in [0.05, 0.1) is 10.7 Å². The fourth-order valence-electron chi connectivity index (χ4n) is 2.83. The maximum atomic E-state index is 12.5. The number of imidazole rings is 1. The normalized spacial score (nSPS) is 12.3. The summed E-state index contributed by atoms with van der Waals surface area (Å²) in [6, 6.07) is 9.86. The van der Waals surface area contributed by atoms with E-state index in [-0.39, 0.29) is 17.9 Å². The summed E-state index contributed by atoms with van der Waals surface area (Å²) in [4.78, 5) is 21.5. The lowest BCUT2D eigenvalue weighted by atomic mass is 10.2. The zero-order valence-electron chi connectivity index (χ0n) is 15.3. The lowest BCUT2D eigenvalue weighted by Gasteiger charge is -2.17. The van der Waals surface area contributed by atoms with Gasteiger partial charge in [0.2, 0.25) is 5.91 Å². The molecule has 0 saturated heterocycles. The Balaban J connectivity index is 1.54. The molecule has 2 aromatic heterocycles. The molecule has 0 aliphatic heterocycles. The monoisotopic (exact) mass is 368 g/mol. The molecule has 2 heterocycles. The third kappa shape index (κ3) is 4.19. The van der Waals surface area contributed by atoms with Gasteiger partial charge >= 0.3 is 0 Å². The Bertz CT molecular complexity index is 854. The number of rotatable bonds is 7. The first kappa shape index (κ1) is 18.3. The molecule has 1 N–H and O–H groups in total. The van der Waals surface area contributed by atoms with Crippen molar-refractivity contribution in [2.45, 2.75) is 39.2 Å². The standard InChI is InChI=1S/C20H24N4OS/c1-14(2)19-21-11-12-24(19)15(3)20(25)22-10-9-18-23-17(13-26-18)16-7-5-4-6-8-16/h4-8,11-15H,9-10H2,1-3H3,(H,22,25)/t15-/m0/s1. The molecule has 1 amide bonds. The number of amides is 1. The second kappa shape index (κ2) is 8.27. The summed E-state index contributed by atoms with van der Waals surface area (Å²) in [6.07, 6.45) is 4.35. The van der Waals surface area contributed by atoms with Crippen LogP contribution in [0.25, 0.3) is 11.3 Å². The molecule has 26 heavy (non-hydrogen) atoms. The smallest absolute Gasteiger partial charge is 0.242 e. The van der Waals surface area contributed by atoms with Crippen LogP contribution in [0.2, 0.25) is 0 Å². The predicted octanol–water partition coefficient (Wildman–Crippen LogP) is 4.05. The van der Waals surface area contributed by atoms with Gasteiger partial charge in [-0.05, 0) is 6.92 Å². The average Bonchev–Trinajstić information content (AvgIpc) is 3.31. The summed E-state index contributed by atoms with van der Waals surface area (Å²) in [5.74, 6) is 1.22. The second-order valence-corrected chi connectivity index (χ2v) is 7.50. The van der Waals surface area contributed by atoms with Crippen LogP contribution in [0.5, 0.6) is 0 Å². The molecular formula is C20H24N4OS. The largest absolute Gasteiger partial charge is 0.354 e. The lowest BCUT2D eigenvalue weighted by molar-refractivity contribution is -0.123. The van der Waals surface area contributed by atoms with E-state index in [1.807, 2.05) is 35.9 Å². The average molecular weight is 369 g/mol. The molecule has 3 rings (SSSR count). The first-order chi connectivity index (χ1) is 12.6. The van der Waals surface area contributed by atoms with Crippen LogP contribution in [0.4, 0.5) is 0 Å². The van der Waals surface area contributed by atoms with E-state index in [1.165, 1.54) is 0 Å². The van der Waals surface area contributed by atoms with Gasteiger partial charge in [-0.1, -0.05) is 44.2 Å². The molecule has 0 radical (unpaired) electrons. The Morgan fingerprint density at radius 1 is 1.23 bits per heavy atom. The maximum absolute atomic E-state index is 12.5. The summed E-state index contributed by atoms with van der Waals surface area (Å²) in [7, 11) is 0. The highest BCUT2D eigenvalue weighted by atomic mass is 32.1. The topological polar surface area (TPSA) is 59.8 Å². The lowest BCUT2D eigenvalue weighted by Crippen LogP contribution is -2.33. The summed E-state index contributed by atoms with van der Waals surface area (Å²) >= 11 is 1.63. The molecule has 0 aliphatic rings. The summed E-state index contributed by atoms with van der Waals surface area (Å²) in [5, 5.41) is 6.11. The second-order valence-electron chi connectivity index (χ2n) is 6.56. The number of hydrogen-bond donors (Lipinski definition) is 1. The number of hydrogen-bond acceptors (Lipinski definition) is 4. The van der Waals surface area contributed by atoms with E-state index in [0.29, 0.717) is 6.54 Å². The van der Waals surface area contributed by atoms with Gasteiger partial charge in [0.25, 0.3) is 0 Å². The van der Waals surface area contributed by atoms with Crippen LogP contribution >= 0.6 is 11.3 Å². The highest BCUT2D eigenvalue weighted by molar-refractivity contribution is 7.09. The minimum atomic E-state index is -0.272. The van der Waals surface area contributed by atoms with Crippen molar-refractivity contribution in [2.75, 3.05) is 6.54 Å². The number of thiazole rings is 1. The van der Waals surface area contributed by atoms with Crippen LogP contribution in [0.1, 0.15) is 43.6 Å². The Kier molecular flexibility index (Phi) is 5.83. The number of carbonyl (C=O) groups is 1. The molecule has 0 saturated carbocycles. The summed E-state index contributed by atoms with van der Waals surface area (Å²) < 4.78 is 1.94. The zero-order valence-corrected chi connectivity index (χ0v) is 16.2. The van der Waals surface area contributed by atoms with E-state index < -0.39 is 0 Å². The van der Waals surface area contributed by atoms with Gasteiger partial charge in [0.15, 0.2) is 0 Å². The van der Waals surface area contributed by atoms with Gasteiger partial charge in [0.1, 0.15) is 11.9 Å². The molecule has 6 heteroatoms. The van der Waals surface area contributed by atoms with E-state index in [9.17, 15) is 4.79 Å². The van der Waals surface area contributed by atoms with E-state index in [1.54, 1.807) is 17.5 Å². The Labute approximate surface area is 158 Å². The van der Waals surface area contributed by atoms with Gasteiger partial charge in [-0.3, -0.25) is 4.79 Å². The number of nitrogens with zero attached hydrogens (tertiary/aromatic N) is 3. The Hall–Kier alpha value is -2.47. The van der Waals surface area contributed by atoms with Crippen LogP contribution in [0.3, 0.4) is 0 Å². The SMILES string of the molecule is CC(C)c1nccn1[C@@H](C)C(=O)NCCc1nc(-c2ccccc2)cs1.